The van der Waals surface area contributed by atoms with Crippen LogP contribution in [0.25, 0.3) is 0 Å². The van der Waals surface area contributed by atoms with Crippen LogP contribution in [0, 0.1) is 0 Å². The third-order valence-electron chi connectivity index (χ3n) is 3.72. The summed E-state index contributed by atoms with van der Waals surface area (Å²) in [4.78, 5) is 35.2. The van der Waals surface area contributed by atoms with Crippen molar-refractivity contribution in [2.75, 3.05) is 92.3 Å². The summed E-state index contributed by atoms with van der Waals surface area (Å²) in [6, 6.07) is 0. The van der Waals surface area contributed by atoms with Crippen LogP contribution in [-0.4, -0.2) is 115 Å². The largest absolute Gasteiger partial charge is 0.447 e. The van der Waals surface area contributed by atoms with Crippen LogP contribution < -0.4 is 11.1 Å². The maximum atomic E-state index is 11.5. The maximum absolute atomic E-state index is 11.5. The molecule has 0 saturated carbocycles. The highest BCUT2D eigenvalue weighted by Gasteiger charge is 2.22. The molecular formula is C19H33N3O9. The summed E-state index contributed by atoms with van der Waals surface area (Å²) in [7, 11) is 0. The second-order valence-corrected chi connectivity index (χ2v) is 6.07. The van der Waals surface area contributed by atoms with E-state index < -0.39 is 17.9 Å². The number of amides is 3. The Morgan fingerprint density at radius 2 is 1.16 bits per heavy atom. The smallest absolute Gasteiger partial charge is 0.407 e. The average Bonchev–Trinajstić information content (AvgIpc) is 3.08. The first-order valence-corrected chi connectivity index (χ1v) is 10.2. The van der Waals surface area contributed by atoms with E-state index in [9.17, 15) is 14.4 Å². The molecule has 1 aliphatic heterocycles. The van der Waals surface area contributed by atoms with Gasteiger partial charge in [0.05, 0.1) is 66.1 Å². The van der Waals surface area contributed by atoms with Gasteiger partial charge in [0.15, 0.2) is 0 Å². The van der Waals surface area contributed by atoms with E-state index >= 15 is 0 Å². The molecule has 0 unspecified atom stereocenters. The van der Waals surface area contributed by atoms with E-state index in [1.54, 1.807) is 0 Å². The number of hydrogen-bond donors (Lipinski definition) is 2. The van der Waals surface area contributed by atoms with Crippen LogP contribution in [-0.2, 0) is 38.0 Å². The molecule has 0 radical (unpaired) electrons. The Kier molecular flexibility index (Phi) is 16.2. The minimum Gasteiger partial charge on any atom is -0.447 e. The third-order valence-corrected chi connectivity index (χ3v) is 3.72. The Hall–Kier alpha value is -2.09. The number of nitrogens with two attached hydrogens (primary N) is 1. The lowest BCUT2D eigenvalue weighted by Gasteiger charge is -2.14. The molecular weight excluding hydrogens is 414 g/mol. The van der Waals surface area contributed by atoms with Gasteiger partial charge < -0.3 is 39.5 Å². The van der Waals surface area contributed by atoms with Crippen molar-refractivity contribution < 1.29 is 42.8 Å². The van der Waals surface area contributed by atoms with Crippen LogP contribution in [0.3, 0.4) is 0 Å². The average molecular weight is 447 g/mol. The monoisotopic (exact) mass is 447 g/mol. The van der Waals surface area contributed by atoms with Gasteiger partial charge in [-0.2, -0.15) is 0 Å². The molecule has 0 aliphatic carbocycles. The van der Waals surface area contributed by atoms with Crippen molar-refractivity contribution in [3.05, 3.63) is 12.2 Å². The second-order valence-electron chi connectivity index (χ2n) is 6.07. The quantitative estimate of drug-likeness (QED) is 0.170. The number of nitrogens with zero attached hydrogens (tertiary/aromatic N) is 1. The predicted octanol–water partition coefficient (Wildman–Crippen LogP) is -1.32. The van der Waals surface area contributed by atoms with E-state index in [0.717, 1.165) is 4.90 Å². The van der Waals surface area contributed by atoms with Crippen LogP contribution in [0.2, 0.25) is 0 Å². The molecule has 0 aromatic carbocycles. The molecule has 0 atom stereocenters. The molecule has 0 saturated heterocycles. The van der Waals surface area contributed by atoms with Crippen LogP contribution >= 0.6 is 0 Å². The fourth-order valence-corrected chi connectivity index (χ4v) is 2.23. The molecule has 0 fully saturated rings. The molecule has 1 heterocycles. The Morgan fingerprint density at radius 1 is 0.742 bits per heavy atom. The number of carbonyl (C=O) groups is 3. The van der Waals surface area contributed by atoms with Gasteiger partial charge in [-0.05, 0) is 0 Å². The number of carbonyl (C=O) groups excluding carboxylic acids is 3. The summed E-state index contributed by atoms with van der Waals surface area (Å²) >= 11 is 0. The summed E-state index contributed by atoms with van der Waals surface area (Å²) in [6.07, 6.45) is 1.73. The molecule has 3 amide bonds. The van der Waals surface area contributed by atoms with Crippen molar-refractivity contribution in [1.82, 2.24) is 10.2 Å². The zero-order chi connectivity index (χ0) is 22.6. The fraction of sp³-hybridized carbons (Fsp3) is 0.737. The zero-order valence-electron chi connectivity index (χ0n) is 17.8. The van der Waals surface area contributed by atoms with Crippen molar-refractivity contribution in [2.45, 2.75) is 0 Å². The number of alkyl carbamates (subject to hydrolysis) is 1. The van der Waals surface area contributed by atoms with Gasteiger partial charge in [-0.25, -0.2) is 4.79 Å². The van der Waals surface area contributed by atoms with Gasteiger partial charge in [0.2, 0.25) is 0 Å². The maximum Gasteiger partial charge on any atom is 0.407 e. The van der Waals surface area contributed by atoms with Gasteiger partial charge in [-0.1, -0.05) is 0 Å². The molecule has 0 spiro atoms. The molecule has 0 aromatic rings. The predicted molar refractivity (Wildman–Crippen MR) is 108 cm³/mol. The lowest BCUT2D eigenvalue weighted by molar-refractivity contribution is -0.136. The summed E-state index contributed by atoms with van der Waals surface area (Å²) in [5.74, 6) is -0.784. The molecule has 178 valence electrons. The highest BCUT2D eigenvalue weighted by molar-refractivity contribution is 6.12. The van der Waals surface area contributed by atoms with Crippen molar-refractivity contribution in [3.63, 3.8) is 0 Å². The molecule has 1 aliphatic rings. The number of imide groups is 1. The van der Waals surface area contributed by atoms with E-state index in [4.69, 9.17) is 34.2 Å². The van der Waals surface area contributed by atoms with Crippen molar-refractivity contribution in [3.8, 4) is 0 Å². The lowest BCUT2D eigenvalue weighted by atomic mass is 10.5. The fourth-order valence-electron chi connectivity index (χ4n) is 2.23. The number of ether oxygens (including phenoxy) is 6. The van der Waals surface area contributed by atoms with Gasteiger partial charge >= 0.3 is 6.09 Å². The van der Waals surface area contributed by atoms with Crippen molar-refractivity contribution in [2.24, 2.45) is 5.73 Å². The SMILES string of the molecule is NCCOCCOCCOCCOCCOCCOC(=O)NCCN1C(=O)C=CC1=O. The standard InChI is InChI=1S/C19H33N3O9/c20-3-6-26-7-8-27-9-10-28-11-12-29-13-14-30-15-16-31-19(25)21-4-5-22-17(23)1-2-18(22)24/h1-2H,3-16,20H2,(H,21,25). The molecule has 12 nitrogen and oxygen atoms in total. The van der Waals surface area contributed by atoms with Crippen LogP contribution in [0.4, 0.5) is 4.79 Å². The molecule has 1 rings (SSSR count). The number of nitrogens with one attached hydrogen (secondary N) is 1. The summed E-state index contributed by atoms with van der Waals surface area (Å²) in [6.45, 7) is 5.24. The van der Waals surface area contributed by atoms with Crippen LogP contribution in [0.5, 0.6) is 0 Å². The van der Waals surface area contributed by atoms with Gasteiger partial charge in [0.25, 0.3) is 11.8 Å². The first-order chi connectivity index (χ1) is 15.1. The minimum absolute atomic E-state index is 0.0787. The molecule has 0 bridgehead atoms. The van der Waals surface area contributed by atoms with Gasteiger partial charge in [0, 0.05) is 31.8 Å². The highest BCUT2D eigenvalue weighted by atomic mass is 16.6. The Labute approximate surface area is 181 Å². The summed E-state index contributed by atoms with van der Waals surface area (Å²) < 4.78 is 31.4. The van der Waals surface area contributed by atoms with Gasteiger partial charge in [0.1, 0.15) is 6.61 Å². The second kappa shape index (κ2) is 18.7. The molecule has 3 N–H and O–H groups in total. The van der Waals surface area contributed by atoms with Crippen molar-refractivity contribution >= 4 is 17.9 Å². The molecule has 0 aromatic heterocycles. The zero-order valence-corrected chi connectivity index (χ0v) is 17.8. The Morgan fingerprint density at radius 3 is 1.61 bits per heavy atom. The summed E-state index contributed by atoms with van der Waals surface area (Å²) in [5.41, 5.74) is 5.29. The van der Waals surface area contributed by atoms with E-state index in [-0.39, 0.29) is 26.3 Å². The van der Waals surface area contributed by atoms with Crippen LogP contribution in [0.1, 0.15) is 0 Å². The van der Waals surface area contributed by atoms with Gasteiger partial charge in [-0.15, -0.1) is 0 Å². The Bertz CT molecular complexity index is 528. The van der Waals surface area contributed by atoms with Crippen LogP contribution in [0.15, 0.2) is 12.2 Å². The van der Waals surface area contributed by atoms with Crippen molar-refractivity contribution in [1.29, 1.82) is 0 Å². The minimum atomic E-state index is -0.642. The Balaban J connectivity index is 1.76. The van der Waals surface area contributed by atoms with E-state index in [1.807, 2.05) is 0 Å². The normalized spacial score (nSPS) is 13.3. The topological polar surface area (TPSA) is 148 Å². The number of hydrogen-bond acceptors (Lipinski definition) is 10. The third kappa shape index (κ3) is 14.5. The summed E-state index contributed by atoms with van der Waals surface area (Å²) in [5, 5.41) is 2.46. The molecule has 31 heavy (non-hydrogen) atoms. The van der Waals surface area contributed by atoms with E-state index in [1.165, 1.54) is 12.2 Å². The van der Waals surface area contributed by atoms with E-state index in [0.29, 0.717) is 66.0 Å². The van der Waals surface area contributed by atoms with Gasteiger partial charge in [-0.3, -0.25) is 14.5 Å². The lowest BCUT2D eigenvalue weighted by Crippen LogP contribution is -2.38. The van der Waals surface area contributed by atoms with E-state index in [2.05, 4.69) is 5.32 Å². The molecule has 12 heteroatoms. The highest BCUT2D eigenvalue weighted by Crippen LogP contribution is 2.01. The first-order valence-electron chi connectivity index (χ1n) is 10.2. The first kappa shape index (κ1) is 26.9. The number of rotatable bonds is 20.